The fourth-order valence-corrected chi connectivity index (χ4v) is 2.56. The number of carboxylic acid groups (broad SMARTS) is 1. The average Bonchev–Trinajstić information content (AvgIpc) is 3.18. The summed E-state index contributed by atoms with van der Waals surface area (Å²) in [5, 5.41) is 13.1. The SMILES string of the molecule is COc1ccc(-c2noc(/C(=C/c3ccc(F)cc3)CC(=O)O)n2)cc1OC. The van der Waals surface area contributed by atoms with Crippen LogP contribution in [0.25, 0.3) is 23.0 Å². The van der Waals surface area contributed by atoms with Crippen molar-refractivity contribution in [3.63, 3.8) is 0 Å². The van der Waals surface area contributed by atoms with Crippen molar-refractivity contribution in [1.29, 1.82) is 0 Å². The maximum atomic E-state index is 13.1. The van der Waals surface area contributed by atoms with Crippen LogP contribution in [0, 0.1) is 5.82 Å². The molecule has 0 saturated carbocycles. The summed E-state index contributed by atoms with van der Waals surface area (Å²) in [7, 11) is 3.04. The third-order valence-electron chi connectivity index (χ3n) is 3.90. The van der Waals surface area contributed by atoms with Crippen molar-refractivity contribution in [3.8, 4) is 22.9 Å². The summed E-state index contributed by atoms with van der Waals surface area (Å²) in [6, 6.07) is 10.8. The number of ether oxygens (including phenoxy) is 2. The molecule has 0 fully saturated rings. The number of hydrogen-bond donors (Lipinski definition) is 1. The van der Waals surface area contributed by atoms with Crippen LogP contribution in [0.15, 0.2) is 47.0 Å². The van der Waals surface area contributed by atoms with Crippen LogP contribution in [-0.4, -0.2) is 35.4 Å². The van der Waals surface area contributed by atoms with E-state index < -0.39 is 5.97 Å². The summed E-state index contributed by atoms with van der Waals surface area (Å²) in [6.07, 6.45) is 1.24. The Morgan fingerprint density at radius 2 is 1.86 bits per heavy atom. The number of halogens is 1. The highest BCUT2D eigenvalue weighted by Gasteiger charge is 2.17. The number of carbonyl (C=O) groups is 1. The van der Waals surface area contributed by atoms with Crippen molar-refractivity contribution in [2.75, 3.05) is 14.2 Å². The molecule has 0 aliphatic rings. The minimum atomic E-state index is -1.06. The van der Waals surface area contributed by atoms with Gasteiger partial charge in [0.1, 0.15) is 5.82 Å². The molecule has 0 aliphatic carbocycles. The van der Waals surface area contributed by atoms with Gasteiger partial charge in [-0.2, -0.15) is 4.98 Å². The summed E-state index contributed by atoms with van der Waals surface area (Å²) in [4.78, 5) is 15.5. The average molecular weight is 384 g/mol. The first-order valence-electron chi connectivity index (χ1n) is 8.24. The van der Waals surface area contributed by atoms with E-state index in [0.717, 1.165) is 0 Å². The third-order valence-corrected chi connectivity index (χ3v) is 3.90. The second-order valence-electron chi connectivity index (χ2n) is 5.78. The molecule has 0 amide bonds. The lowest BCUT2D eigenvalue weighted by atomic mass is 10.1. The van der Waals surface area contributed by atoms with E-state index in [-0.39, 0.29) is 24.0 Å². The van der Waals surface area contributed by atoms with Crippen LogP contribution >= 0.6 is 0 Å². The van der Waals surface area contributed by atoms with Crippen LogP contribution in [0.1, 0.15) is 17.9 Å². The molecular formula is C20H17FN2O5. The number of hydrogen-bond acceptors (Lipinski definition) is 6. The van der Waals surface area contributed by atoms with Gasteiger partial charge in [-0.1, -0.05) is 17.3 Å². The molecule has 28 heavy (non-hydrogen) atoms. The molecule has 1 N–H and O–H groups in total. The zero-order valence-corrected chi connectivity index (χ0v) is 15.2. The molecule has 0 bridgehead atoms. The summed E-state index contributed by atoms with van der Waals surface area (Å²) < 4.78 is 28.8. The molecule has 8 heteroatoms. The van der Waals surface area contributed by atoms with E-state index in [4.69, 9.17) is 14.0 Å². The quantitative estimate of drug-likeness (QED) is 0.660. The maximum absolute atomic E-state index is 13.1. The summed E-state index contributed by atoms with van der Waals surface area (Å²) in [5.74, 6) is -0.0516. The van der Waals surface area contributed by atoms with Crippen LogP contribution in [0.2, 0.25) is 0 Å². The molecule has 0 saturated heterocycles. The Bertz CT molecular complexity index is 1010. The van der Waals surface area contributed by atoms with Gasteiger partial charge < -0.3 is 19.1 Å². The molecule has 1 heterocycles. The van der Waals surface area contributed by atoms with E-state index in [1.165, 1.54) is 38.5 Å². The zero-order valence-electron chi connectivity index (χ0n) is 15.2. The highest BCUT2D eigenvalue weighted by atomic mass is 19.1. The number of rotatable bonds is 7. The van der Waals surface area contributed by atoms with Gasteiger partial charge in [0.05, 0.1) is 20.6 Å². The second kappa shape index (κ2) is 8.34. The van der Waals surface area contributed by atoms with Crippen LogP contribution in [0.5, 0.6) is 11.5 Å². The van der Waals surface area contributed by atoms with Crippen molar-refractivity contribution < 1.29 is 28.3 Å². The molecule has 3 rings (SSSR count). The van der Waals surface area contributed by atoms with Gasteiger partial charge >= 0.3 is 5.97 Å². The standard InChI is InChI=1S/C20H17FN2O5/c1-26-16-8-5-13(10-17(16)27-2)19-22-20(28-23-19)14(11-18(24)25)9-12-3-6-15(21)7-4-12/h3-10H,11H2,1-2H3,(H,24,25)/b14-9+. The van der Waals surface area contributed by atoms with E-state index >= 15 is 0 Å². The lowest BCUT2D eigenvalue weighted by molar-refractivity contribution is -0.135. The van der Waals surface area contributed by atoms with Crippen molar-refractivity contribution in [2.24, 2.45) is 0 Å². The first-order chi connectivity index (χ1) is 13.5. The van der Waals surface area contributed by atoms with Crippen molar-refractivity contribution >= 4 is 17.6 Å². The van der Waals surface area contributed by atoms with Gasteiger partial charge in [-0.25, -0.2) is 4.39 Å². The topological polar surface area (TPSA) is 94.7 Å². The predicted octanol–water partition coefficient (Wildman–Crippen LogP) is 3.91. The molecule has 0 atom stereocenters. The Labute approximate surface area is 160 Å². The Balaban J connectivity index is 1.96. The molecule has 0 unspecified atom stereocenters. The molecule has 0 aliphatic heterocycles. The van der Waals surface area contributed by atoms with Gasteiger partial charge in [-0.15, -0.1) is 0 Å². The Hall–Kier alpha value is -3.68. The van der Waals surface area contributed by atoms with Gasteiger partial charge in [0, 0.05) is 11.1 Å². The van der Waals surface area contributed by atoms with Crippen LogP contribution in [0.3, 0.4) is 0 Å². The van der Waals surface area contributed by atoms with Crippen LogP contribution in [-0.2, 0) is 4.79 Å². The molecule has 144 valence electrons. The first-order valence-corrected chi connectivity index (χ1v) is 8.24. The zero-order chi connectivity index (χ0) is 20.1. The fourth-order valence-electron chi connectivity index (χ4n) is 2.56. The highest BCUT2D eigenvalue weighted by molar-refractivity contribution is 5.89. The molecule has 3 aromatic rings. The van der Waals surface area contributed by atoms with E-state index in [2.05, 4.69) is 10.1 Å². The van der Waals surface area contributed by atoms with Crippen LogP contribution < -0.4 is 9.47 Å². The Morgan fingerprint density at radius 3 is 2.50 bits per heavy atom. The minimum absolute atomic E-state index is 0.0662. The highest BCUT2D eigenvalue weighted by Crippen LogP contribution is 2.32. The number of carboxylic acids is 1. The number of aliphatic carboxylic acids is 1. The number of aromatic nitrogens is 2. The van der Waals surface area contributed by atoms with E-state index in [1.807, 2.05) is 0 Å². The predicted molar refractivity (Wildman–Crippen MR) is 99.4 cm³/mol. The number of benzene rings is 2. The van der Waals surface area contributed by atoms with Gasteiger partial charge in [-0.3, -0.25) is 4.79 Å². The summed E-state index contributed by atoms with van der Waals surface area (Å²) >= 11 is 0. The largest absolute Gasteiger partial charge is 0.493 e. The Morgan fingerprint density at radius 1 is 1.14 bits per heavy atom. The van der Waals surface area contributed by atoms with E-state index in [1.54, 1.807) is 24.3 Å². The van der Waals surface area contributed by atoms with Crippen LogP contribution in [0.4, 0.5) is 4.39 Å². The van der Waals surface area contributed by atoms with Gasteiger partial charge in [0.15, 0.2) is 11.5 Å². The van der Waals surface area contributed by atoms with Crippen molar-refractivity contribution in [2.45, 2.75) is 6.42 Å². The molecular weight excluding hydrogens is 367 g/mol. The number of methoxy groups -OCH3 is 2. The number of nitrogens with zero attached hydrogens (tertiary/aromatic N) is 2. The third kappa shape index (κ3) is 4.35. The normalized spacial score (nSPS) is 11.3. The second-order valence-corrected chi connectivity index (χ2v) is 5.78. The van der Waals surface area contributed by atoms with Gasteiger partial charge in [0.25, 0.3) is 5.89 Å². The van der Waals surface area contributed by atoms with E-state index in [0.29, 0.717) is 28.2 Å². The molecule has 0 spiro atoms. The Kier molecular flexibility index (Phi) is 5.69. The lowest BCUT2D eigenvalue weighted by Crippen LogP contribution is -1.97. The first kappa shape index (κ1) is 19.1. The molecule has 0 radical (unpaired) electrons. The van der Waals surface area contributed by atoms with E-state index in [9.17, 15) is 14.3 Å². The monoisotopic (exact) mass is 384 g/mol. The molecule has 1 aromatic heterocycles. The lowest BCUT2D eigenvalue weighted by Gasteiger charge is -2.07. The summed E-state index contributed by atoms with van der Waals surface area (Å²) in [5.41, 5.74) is 1.53. The van der Waals surface area contributed by atoms with Gasteiger partial charge in [0.2, 0.25) is 5.82 Å². The van der Waals surface area contributed by atoms with Crippen molar-refractivity contribution in [1.82, 2.24) is 10.1 Å². The summed E-state index contributed by atoms with van der Waals surface area (Å²) in [6.45, 7) is 0. The molecule has 2 aromatic carbocycles. The molecule has 7 nitrogen and oxygen atoms in total. The maximum Gasteiger partial charge on any atom is 0.308 e. The minimum Gasteiger partial charge on any atom is -0.493 e. The smallest absolute Gasteiger partial charge is 0.308 e. The van der Waals surface area contributed by atoms with Crippen molar-refractivity contribution in [3.05, 3.63) is 59.7 Å². The fraction of sp³-hybridized carbons (Fsp3) is 0.150. The van der Waals surface area contributed by atoms with Gasteiger partial charge in [-0.05, 0) is 42.0 Å².